The maximum Gasteiger partial charge on any atom is 0.160 e. The van der Waals surface area contributed by atoms with E-state index in [2.05, 4.69) is 79.9 Å². The molecule has 0 bridgehead atoms. The van der Waals surface area contributed by atoms with E-state index in [0.29, 0.717) is 0 Å². The van der Waals surface area contributed by atoms with Gasteiger partial charge in [0.2, 0.25) is 0 Å². The molecule has 136 valence electrons. The van der Waals surface area contributed by atoms with E-state index in [1.807, 2.05) is 0 Å². The number of halogens is 1. The van der Waals surface area contributed by atoms with Gasteiger partial charge >= 0.3 is 0 Å². The molecule has 0 aromatic heterocycles. The summed E-state index contributed by atoms with van der Waals surface area (Å²) in [6.45, 7) is 9.13. The molecular formula is C17H39BrN2S2. The van der Waals surface area contributed by atoms with Crippen LogP contribution in [0.3, 0.4) is 0 Å². The van der Waals surface area contributed by atoms with Gasteiger partial charge in [0.15, 0.2) is 5.11 Å². The molecule has 0 aliphatic rings. The second kappa shape index (κ2) is 23.8. The molecule has 0 heterocycles. The van der Waals surface area contributed by atoms with Crippen LogP contribution in [-0.4, -0.2) is 16.2 Å². The topological polar surface area (TPSA) is 52.0 Å². The molecule has 0 saturated carbocycles. The van der Waals surface area contributed by atoms with E-state index in [4.69, 9.17) is 0 Å². The summed E-state index contributed by atoms with van der Waals surface area (Å²) < 4.78 is 0. The predicted octanol–water partition coefficient (Wildman–Crippen LogP) is 5.92. The van der Waals surface area contributed by atoms with Gasteiger partial charge < -0.3 is 11.5 Å². The molecule has 0 aliphatic carbocycles. The summed E-state index contributed by atoms with van der Waals surface area (Å²) in [5.74, 6) is 2.82. The lowest BCUT2D eigenvalue weighted by Gasteiger charge is -2.01. The Morgan fingerprint density at radius 3 is 1.50 bits per heavy atom. The largest absolute Gasteiger partial charge is 0.377 e. The molecule has 0 atom stereocenters. The molecule has 0 spiro atoms. The van der Waals surface area contributed by atoms with Crippen molar-refractivity contribution >= 4 is 45.9 Å². The second-order valence-corrected chi connectivity index (χ2v) is 8.01. The molecular weight excluding hydrogens is 376 g/mol. The number of thiol groups is 1. The third kappa shape index (κ3) is 49.9. The highest BCUT2D eigenvalue weighted by molar-refractivity contribution is 9.09. The zero-order valence-electron chi connectivity index (χ0n) is 15.1. The molecule has 0 aromatic carbocycles. The first kappa shape index (κ1) is 27.4. The van der Waals surface area contributed by atoms with Crippen LogP contribution in [0, 0.1) is 11.8 Å². The van der Waals surface area contributed by atoms with Gasteiger partial charge in [-0.2, -0.15) is 12.6 Å². The van der Waals surface area contributed by atoms with Crippen LogP contribution in [0.25, 0.3) is 0 Å². The summed E-state index contributed by atoms with van der Waals surface area (Å²) in [4.78, 5) is 0. The third-order valence-corrected chi connectivity index (χ3v) is 3.73. The van der Waals surface area contributed by atoms with Crippen molar-refractivity contribution in [3.8, 4) is 0 Å². The van der Waals surface area contributed by atoms with Crippen LogP contribution in [0.2, 0.25) is 0 Å². The molecule has 4 N–H and O–H groups in total. The van der Waals surface area contributed by atoms with Crippen molar-refractivity contribution in [3.05, 3.63) is 0 Å². The van der Waals surface area contributed by atoms with Crippen LogP contribution >= 0.6 is 40.8 Å². The Kier molecular flexibility index (Phi) is 29.6. The Bertz CT molecular complexity index is 193. The quantitative estimate of drug-likeness (QED) is 0.180. The fourth-order valence-electron chi connectivity index (χ4n) is 1.67. The Balaban J connectivity index is -0.000000266. The lowest BCUT2D eigenvalue weighted by atomic mass is 10.1. The van der Waals surface area contributed by atoms with Gasteiger partial charge in [-0.3, -0.25) is 0 Å². The maximum atomic E-state index is 4.62. The minimum Gasteiger partial charge on any atom is -0.377 e. The van der Waals surface area contributed by atoms with Crippen molar-refractivity contribution in [1.29, 1.82) is 0 Å². The average Bonchev–Trinajstić information content (AvgIpc) is 2.39. The molecule has 0 amide bonds. The average molecular weight is 416 g/mol. The highest BCUT2D eigenvalue weighted by Crippen LogP contribution is 2.08. The van der Waals surface area contributed by atoms with Crippen LogP contribution in [-0.2, 0) is 0 Å². The molecule has 0 radical (unpaired) electrons. The fraction of sp³-hybridized carbons (Fsp3) is 0.941. The minimum absolute atomic E-state index is 0.000000000000000222. The smallest absolute Gasteiger partial charge is 0.160 e. The summed E-state index contributed by atoms with van der Waals surface area (Å²) in [5.41, 5.74) is 9.24. The first-order valence-corrected chi connectivity index (χ1v) is 10.7. The van der Waals surface area contributed by atoms with Crippen molar-refractivity contribution in [2.45, 2.75) is 79.1 Å². The van der Waals surface area contributed by atoms with Gasteiger partial charge in [0, 0.05) is 5.33 Å². The highest BCUT2D eigenvalue weighted by Gasteiger charge is 1.92. The Morgan fingerprint density at radius 1 is 0.864 bits per heavy atom. The molecule has 22 heavy (non-hydrogen) atoms. The summed E-state index contributed by atoms with van der Waals surface area (Å²) >= 11 is 11.7. The van der Waals surface area contributed by atoms with E-state index >= 15 is 0 Å². The molecule has 0 aromatic rings. The highest BCUT2D eigenvalue weighted by atomic mass is 79.9. The number of hydrogen-bond donors (Lipinski definition) is 3. The van der Waals surface area contributed by atoms with Gasteiger partial charge in [-0.05, 0) is 42.6 Å². The standard InChI is InChI=1S/C8H17Br.C8H18S.CH4N2S/c2*1-8(2)6-4-3-5-7-9;2-1(3)4/h8H,3-7H2,1-2H3;8-9H,3-7H2,1-2H3;(H4,2,3,4). The molecule has 0 aliphatic heterocycles. The summed E-state index contributed by atoms with van der Waals surface area (Å²) in [7, 11) is 0. The predicted molar refractivity (Wildman–Crippen MR) is 115 cm³/mol. The molecule has 0 fully saturated rings. The minimum atomic E-state index is 0.000000000000000222. The van der Waals surface area contributed by atoms with E-state index in [1.54, 1.807) is 0 Å². The molecule has 2 nitrogen and oxygen atoms in total. The maximum absolute atomic E-state index is 4.62. The molecule has 0 rings (SSSR count). The normalized spacial score (nSPS) is 9.82. The van der Waals surface area contributed by atoms with Crippen molar-refractivity contribution < 1.29 is 0 Å². The Labute approximate surface area is 159 Å². The van der Waals surface area contributed by atoms with E-state index in [-0.39, 0.29) is 5.11 Å². The van der Waals surface area contributed by atoms with Crippen LogP contribution < -0.4 is 11.5 Å². The van der Waals surface area contributed by atoms with Gasteiger partial charge in [-0.1, -0.05) is 82.1 Å². The van der Waals surface area contributed by atoms with Gasteiger partial charge in [0.1, 0.15) is 0 Å². The van der Waals surface area contributed by atoms with Crippen molar-refractivity contribution in [2.24, 2.45) is 23.3 Å². The fourth-order valence-corrected chi connectivity index (χ4v) is 2.29. The van der Waals surface area contributed by atoms with Crippen LogP contribution in [0.5, 0.6) is 0 Å². The number of alkyl halides is 1. The van der Waals surface area contributed by atoms with Crippen LogP contribution in [0.15, 0.2) is 0 Å². The van der Waals surface area contributed by atoms with Crippen molar-refractivity contribution in [1.82, 2.24) is 0 Å². The van der Waals surface area contributed by atoms with E-state index in [1.165, 1.54) is 56.7 Å². The monoisotopic (exact) mass is 414 g/mol. The second-order valence-electron chi connectivity index (χ2n) is 6.30. The summed E-state index contributed by atoms with van der Waals surface area (Å²) in [5, 5.41) is 1.17. The van der Waals surface area contributed by atoms with Crippen LogP contribution in [0.1, 0.15) is 79.1 Å². The number of thiocarbonyl (C=S) groups is 1. The molecule has 0 unspecified atom stereocenters. The molecule has 0 saturated heterocycles. The van der Waals surface area contributed by atoms with Gasteiger partial charge in [0.25, 0.3) is 0 Å². The number of unbranched alkanes of at least 4 members (excludes halogenated alkanes) is 4. The first-order valence-electron chi connectivity index (χ1n) is 8.49. The zero-order chi connectivity index (χ0) is 17.8. The van der Waals surface area contributed by atoms with Gasteiger partial charge in [-0.25, -0.2) is 0 Å². The van der Waals surface area contributed by atoms with Gasteiger partial charge in [-0.15, -0.1) is 0 Å². The molecule has 5 heteroatoms. The number of hydrogen-bond acceptors (Lipinski definition) is 2. The van der Waals surface area contributed by atoms with E-state index < -0.39 is 0 Å². The first-order chi connectivity index (χ1) is 10.3. The SMILES string of the molecule is CC(C)CCCCCBr.CC(C)CCCCCS.NC(N)=S. The number of nitrogens with two attached hydrogens (primary N) is 2. The lowest BCUT2D eigenvalue weighted by molar-refractivity contribution is 0.535. The lowest BCUT2D eigenvalue weighted by Crippen LogP contribution is -2.18. The van der Waals surface area contributed by atoms with E-state index in [9.17, 15) is 0 Å². The summed E-state index contributed by atoms with van der Waals surface area (Å²) in [6.07, 6.45) is 11.0. The number of rotatable bonds is 10. The Morgan fingerprint density at radius 2 is 1.23 bits per heavy atom. The summed E-state index contributed by atoms with van der Waals surface area (Å²) in [6, 6.07) is 0. The third-order valence-electron chi connectivity index (χ3n) is 2.85. The van der Waals surface area contributed by atoms with Crippen molar-refractivity contribution in [3.63, 3.8) is 0 Å². The van der Waals surface area contributed by atoms with Crippen molar-refractivity contribution in [2.75, 3.05) is 11.1 Å². The van der Waals surface area contributed by atoms with E-state index in [0.717, 1.165) is 17.6 Å². The Hall–Kier alpha value is 0.520. The van der Waals surface area contributed by atoms with Gasteiger partial charge in [0.05, 0.1) is 0 Å². The van der Waals surface area contributed by atoms with Crippen LogP contribution in [0.4, 0.5) is 0 Å². The zero-order valence-corrected chi connectivity index (χ0v) is 18.4.